The van der Waals surface area contributed by atoms with Gasteiger partial charge >= 0.3 is 5.79 Å². The Morgan fingerprint density at radius 1 is 0.855 bits per heavy atom. The largest absolute Gasteiger partial charge is 0.508 e. The van der Waals surface area contributed by atoms with Crippen LogP contribution < -0.4 is 9.47 Å². The molecule has 1 aliphatic carbocycles. The molecule has 4 bridgehead atoms. The number of hydrogen-bond acceptors (Lipinski definition) is 13. The molecule has 0 fully saturated rings. The van der Waals surface area contributed by atoms with Crippen molar-refractivity contribution in [1.29, 1.82) is 0 Å². The number of ketones is 2. The Kier molecular flexibility index (Phi) is 7.83. The molecule has 4 aromatic carbocycles. The summed E-state index contributed by atoms with van der Waals surface area (Å²) in [5.74, 6) is -12.0. The van der Waals surface area contributed by atoms with Crippen molar-refractivity contribution in [2.45, 2.75) is 36.1 Å². The van der Waals surface area contributed by atoms with Gasteiger partial charge in [0, 0.05) is 65.8 Å². The van der Waals surface area contributed by atoms with E-state index in [4.69, 9.17) is 9.47 Å². The van der Waals surface area contributed by atoms with Crippen LogP contribution in [0.1, 0.15) is 62.1 Å². The summed E-state index contributed by atoms with van der Waals surface area (Å²) in [5.41, 5.74) is -1.76. The van der Waals surface area contributed by atoms with Gasteiger partial charge in [0.2, 0.25) is 11.4 Å². The molecule has 13 nitrogen and oxygen atoms in total. The van der Waals surface area contributed by atoms with E-state index in [1.165, 1.54) is 54.8 Å². The quantitative estimate of drug-likeness (QED) is 0.113. The summed E-state index contributed by atoms with van der Waals surface area (Å²) in [6.45, 7) is 7.96. The zero-order valence-electron chi connectivity index (χ0n) is 28.8. The number of ether oxygens (including phenoxy) is 2. The molecule has 55 heavy (non-hydrogen) atoms. The van der Waals surface area contributed by atoms with Crippen molar-refractivity contribution in [3.63, 3.8) is 0 Å². The average Bonchev–Trinajstić information content (AvgIpc) is 3.37. The molecule has 4 aromatic rings. The van der Waals surface area contributed by atoms with Crippen molar-refractivity contribution in [2.75, 3.05) is 0 Å². The Labute approximate surface area is 312 Å². The van der Waals surface area contributed by atoms with Crippen molar-refractivity contribution >= 4 is 17.8 Å². The second kappa shape index (κ2) is 12.3. The van der Waals surface area contributed by atoms with Crippen molar-refractivity contribution in [3.05, 3.63) is 137 Å². The molecule has 0 aromatic heterocycles. The number of carbonyl (C=O) groups is 2. The number of nitrogens with zero attached hydrogens (tertiary/aromatic N) is 1. The highest BCUT2D eigenvalue weighted by molar-refractivity contribution is 6.10. The molecule has 5 atom stereocenters. The lowest BCUT2D eigenvalue weighted by Crippen LogP contribution is -2.62. The van der Waals surface area contributed by atoms with E-state index >= 15 is 0 Å². The number of phenols is 7. The number of allylic oxidation sites excluding steroid dienone is 3. The topological polar surface area (TPSA) is 227 Å². The van der Waals surface area contributed by atoms with Crippen LogP contribution in [0.4, 0.5) is 0 Å². The van der Waals surface area contributed by atoms with E-state index in [-0.39, 0.29) is 69.5 Å². The first-order valence-electron chi connectivity index (χ1n) is 17.1. The van der Waals surface area contributed by atoms with Gasteiger partial charge in [0.05, 0.1) is 11.3 Å². The fourth-order valence-corrected chi connectivity index (χ4v) is 8.24. The molecule has 4 aliphatic rings. The fraction of sp³-hybridized carbons (Fsp3) is 0.167. The van der Waals surface area contributed by atoms with Crippen LogP contribution >= 0.6 is 0 Å². The monoisotopic (exact) mass is 743 g/mol. The molecule has 3 heterocycles. The predicted molar refractivity (Wildman–Crippen MR) is 196 cm³/mol. The number of aromatic hydroxyl groups is 7. The van der Waals surface area contributed by atoms with Crippen LogP contribution in [0.3, 0.4) is 0 Å². The summed E-state index contributed by atoms with van der Waals surface area (Å²) in [6, 6.07) is 12.0. The second-order valence-corrected chi connectivity index (χ2v) is 13.9. The van der Waals surface area contributed by atoms with E-state index in [2.05, 4.69) is 18.2 Å². The van der Waals surface area contributed by atoms with E-state index in [9.17, 15) is 50.4 Å². The molecule has 0 saturated carbocycles. The van der Waals surface area contributed by atoms with Gasteiger partial charge in [-0.1, -0.05) is 37.5 Å². The number of benzene rings is 4. The first kappa shape index (κ1) is 35.1. The summed E-state index contributed by atoms with van der Waals surface area (Å²) >= 11 is 0. The lowest BCUT2D eigenvalue weighted by molar-refractivity contribution is -0.202. The zero-order chi connectivity index (χ0) is 39.1. The maximum atomic E-state index is 14.9. The highest BCUT2D eigenvalue weighted by Crippen LogP contribution is 2.62. The average molecular weight is 744 g/mol. The molecule has 0 amide bonds. The highest BCUT2D eigenvalue weighted by atomic mass is 16.7. The van der Waals surface area contributed by atoms with E-state index < -0.39 is 69.3 Å². The van der Waals surface area contributed by atoms with Gasteiger partial charge < -0.3 is 50.3 Å². The van der Waals surface area contributed by atoms with Crippen LogP contribution in [-0.4, -0.2) is 64.4 Å². The lowest BCUT2D eigenvalue weighted by atomic mass is 9.64. The minimum atomic E-state index is -2.85. The van der Waals surface area contributed by atoms with E-state index in [0.29, 0.717) is 11.1 Å². The summed E-state index contributed by atoms with van der Waals surface area (Å²) in [5, 5.41) is 88.2. The molecule has 1 spiro atoms. The molecule has 13 heteroatoms. The molecular formula is C42H33NO12. The normalized spacial score (nSPS) is 26.0. The molecule has 278 valence electrons. The zero-order valence-corrected chi connectivity index (χ0v) is 28.8. The summed E-state index contributed by atoms with van der Waals surface area (Å²) in [4.78, 5) is 34.2. The summed E-state index contributed by atoms with van der Waals surface area (Å²) in [6.07, 6.45) is 5.84. The molecule has 0 saturated heterocycles. The molecule has 8 rings (SSSR count). The second-order valence-electron chi connectivity index (χ2n) is 13.9. The van der Waals surface area contributed by atoms with E-state index in [1.54, 1.807) is 12.2 Å². The van der Waals surface area contributed by atoms with Crippen molar-refractivity contribution in [1.82, 2.24) is 0 Å². The van der Waals surface area contributed by atoms with Gasteiger partial charge in [-0.3, -0.25) is 14.6 Å². The first-order valence-corrected chi connectivity index (χ1v) is 17.1. The van der Waals surface area contributed by atoms with Gasteiger partial charge in [0.25, 0.3) is 0 Å². The third kappa shape index (κ3) is 5.15. The van der Waals surface area contributed by atoms with Crippen molar-refractivity contribution in [2.24, 2.45) is 10.9 Å². The van der Waals surface area contributed by atoms with Gasteiger partial charge in [0.1, 0.15) is 57.3 Å². The Morgan fingerprint density at radius 2 is 1.55 bits per heavy atom. The van der Waals surface area contributed by atoms with Gasteiger partial charge in [-0.25, -0.2) is 0 Å². The summed E-state index contributed by atoms with van der Waals surface area (Å²) < 4.78 is 12.7. The van der Waals surface area contributed by atoms with Crippen LogP contribution in [0.15, 0.2) is 114 Å². The van der Waals surface area contributed by atoms with Crippen LogP contribution in [0.5, 0.6) is 51.7 Å². The van der Waals surface area contributed by atoms with Crippen molar-refractivity contribution in [3.8, 4) is 51.7 Å². The number of rotatable bonds is 4. The number of Topliss-reactive ketones (excluding diaryl/α,β-unsaturated/α-hetero) is 2. The highest BCUT2D eigenvalue weighted by Gasteiger charge is 2.70. The smallest absolute Gasteiger partial charge is 0.318 e. The van der Waals surface area contributed by atoms with Gasteiger partial charge in [-0.15, -0.1) is 0 Å². The van der Waals surface area contributed by atoms with Crippen molar-refractivity contribution < 1.29 is 59.9 Å². The molecule has 3 aliphatic heterocycles. The number of hydrogen-bond donors (Lipinski definition) is 8. The Bertz CT molecular complexity index is 2500. The molecule has 8 N–H and O–H groups in total. The van der Waals surface area contributed by atoms with Crippen LogP contribution in [0.2, 0.25) is 0 Å². The van der Waals surface area contributed by atoms with Gasteiger partial charge in [0.15, 0.2) is 5.78 Å². The van der Waals surface area contributed by atoms with Crippen LogP contribution in [0.25, 0.3) is 0 Å². The molecular weight excluding hydrogens is 710 g/mol. The predicted octanol–water partition coefficient (Wildman–Crippen LogP) is 5.97. The third-order valence-electron chi connectivity index (χ3n) is 10.8. The Morgan fingerprint density at radius 3 is 2.25 bits per heavy atom. The number of aliphatic imine (C=N–C) groups is 1. The lowest BCUT2D eigenvalue weighted by Gasteiger charge is -2.45. The number of phenolic OH excluding ortho intramolecular Hbond substituents is 7. The van der Waals surface area contributed by atoms with Gasteiger partial charge in [-0.2, -0.15) is 0 Å². The Hall–Kier alpha value is -6.99. The Balaban J connectivity index is 1.47. The third-order valence-corrected chi connectivity index (χ3v) is 10.8. The number of aliphatic hydroxyl groups is 1. The van der Waals surface area contributed by atoms with Gasteiger partial charge in [-0.05, 0) is 53.5 Å². The van der Waals surface area contributed by atoms with E-state index in [1.807, 2.05) is 0 Å². The SMILES string of the molecule is C=C/C1=C/CC23Oc4c(c(O)cc(O)c4C4C=C(C=NC1=C)CC(c1ccc(O)cc1O)C4C(=O)c1ccc(O)cc1O)C(=O)C2(O)Oc1cc(O)ccc13. The maximum Gasteiger partial charge on any atom is 0.318 e. The number of carbonyl (C=O) groups excluding carboxylic acids is 2. The maximum absolute atomic E-state index is 14.9. The summed E-state index contributed by atoms with van der Waals surface area (Å²) in [7, 11) is 0. The first-order chi connectivity index (χ1) is 26.2. The van der Waals surface area contributed by atoms with E-state index in [0.717, 1.165) is 18.2 Å². The minimum Gasteiger partial charge on any atom is -0.508 e. The molecule has 0 radical (unpaired) electrons. The minimum absolute atomic E-state index is 0.0310. The molecule has 5 unspecified atom stereocenters. The van der Waals surface area contributed by atoms with Crippen LogP contribution in [-0.2, 0) is 5.60 Å². The fourth-order valence-electron chi connectivity index (χ4n) is 8.24. The van der Waals surface area contributed by atoms with Crippen LogP contribution in [0, 0.1) is 5.92 Å². The number of fused-ring (bicyclic) bond motifs is 3. The standard InChI is InChI=1S/C42H33NO12/c1-3-21-10-11-41-29-9-6-24(46)16-34(29)54-42(41,53)40(52)37-33(50)17-32(49)36(39(37)55-41)28-13-20(18-43-19(21)2)12-27(25-7-4-22(44)14-30(25)47)35(28)38(51)26-8-5-23(45)15-31(26)48/h3-10,13-18,27-28,35,44-50,53H,1-2,11-12H2/b21-10-,43-18?.